The third-order valence-corrected chi connectivity index (χ3v) is 3.49. The van der Waals surface area contributed by atoms with Crippen LogP contribution in [0.2, 0.25) is 4.34 Å². The van der Waals surface area contributed by atoms with Crippen LogP contribution < -0.4 is 0 Å². The van der Waals surface area contributed by atoms with E-state index in [9.17, 15) is 0 Å². The number of hydrogen-bond acceptors (Lipinski definition) is 1. The second kappa shape index (κ2) is 6.44. The fourth-order valence-electron chi connectivity index (χ4n) is 1.42. The first-order valence-electron chi connectivity index (χ1n) is 5.06. The van der Waals surface area contributed by atoms with E-state index in [2.05, 4.69) is 18.4 Å². The van der Waals surface area contributed by atoms with E-state index >= 15 is 0 Å². The van der Waals surface area contributed by atoms with E-state index in [4.69, 9.17) is 11.6 Å². The molecule has 1 aromatic rings. The van der Waals surface area contributed by atoms with Crippen LogP contribution in [-0.2, 0) is 6.42 Å². The van der Waals surface area contributed by atoms with E-state index < -0.39 is 0 Å². The van der Waals surface area contributed by atoms with Gasteiger partial charge in [-0.25, -0.2) is 0 Å². The van der Waals surface area contributed by atoms with Crippen LogP contribution >= 0.6 is 22.9 Å². The summed E-state index contributed by atoms with van der Waals surface area (Å²) in [5.74, 6) is 0. The van der Waals surface area contributed by atoms with E-state index in [-0.39, 0.29) is 0 Å². The molecule has 1 rings (SSSR count). The highest BCUT2D eigenvalue weighted by Crippen LogP contribution is 2.24. The van der Waals surface area contributed by atoms with Crippen molar-refractivity contribution < 1.29 is 0 Å². The van der Waals surface area contributed by atoms with Crippen LogP contribution in [0, 0.1) is 0 Å². The predicted molar refractivity (Wildman–Crippen MR) is 61.8 cm³/mol. The van der Waals surface area contributed by atoms with Gasteiger partial charge in [0.15, 0.2) is 0 Å². The maximum atomic E-state index is 6.00. The lowest BCUT2D eigenvalue weighted by molar-refractivity contribution is 0.633. The van der Waals surface area contributed by atoms with Gasteiger partial charge < -0.3 is 0 Å². The van der Waals surface area contributed by atoms with Gasteiger partial charge in [0.05, 0.1) is 4.34 Å². The van der Waals surface area contributed by atoms with Crippen LogP contribution in [0.15, 0.2) is 11.4 Å². The lowest BCUT2D eigenvalue weighted by Gasteiger charge is -1.99. The van der Waals surface area contributed by atoms with Crippen molar-refractivity contribution in [3.63, 3.8) is 0 Å². The lowest BCUT2D eigenvalue weighted by Crippen LogP contribution is -1.83. The largest absolute Gasteiger partial charge is 0.132 e. The molecule has 0 spiro atoms. The van der Waals surface area contributed by atoms with Gasteiger partial charge in [0.1, 0.15) is 0 Å². The quantitative estimate of drug-likeness (QED) is 0.593. The Labute approximate surface area is 89.9 Å². The molecule has 0 aromatic carbocycles. The van der Waals surface area contributed by atoms with Gasteiger partial charge in [-0.15, -0.1) is 11.3 Å². The second-order valence-corrected chi connectivity index (χ2v) is 4.90. The maximum Gasteiger partial charge on any atom is 0.0960 e. The normalized spacial score (nSPS) is 10.6. The summed E-state index contributed by atoms with van der Waals surface area (Å²) in [5.41, 5.74) is 1.34. The van der Waals surface area contributed by atoms with Gasteiger partial charge in [-0.2, -0.15) is 0 Å². The van der Waals surface area contributed by atoms with Crippen molar-refractivity contribution in [3.8, 4) is 0 Å². The van der Waals surface area contributed by atoms with Crippen LogP contribution in [-0.4, -0.2) is 0 Å². The summed E-state index contributed by atoms with van der Waals surface area (Å²) >= 11 is 7.64. The maximum absolute atomic E-state index is 6.00. The van der Waals surface area contributed by atoms with Crippen LogP contribution in [0.4, 0.5) is 0 Å². The molecule has 0 N–H and O–H groups in total. The highest BCUT2D eigenvalue weighted by atomic mass is 35.5. The minimum absolute atomic E-state index is 0.982. The van der Waals surface area contributed by atoms with Gasteiger partial charge in [0, 0.05) is 0 Å². The molecule has 0 radical (unpaired) electrons. The van der Waals surface area contributed by atoms with Gasteiger partial charge in [-0.05, 0) is 29.9 Å². The molecule has 74 valence electrons. The predicted octanol–water partition coefficient (Wildman–Crippen LogP) is 4.91. The van der Waals surface area contributed by atoms with Crippen molar-refractivity contribution >= 4 is 22.9 Å². The average molecular weight is 217 g/mol. The van der Waals surface area contributed by atoms with E-state index in [1.54, 1.807) is 11.3 Å². The standard InChI is InChI=1S/C11H17ClS/c1-2-3-4-5-6-7-10-8-9-13-11(10)12/h8-9H,2-7H2,1H3. The highest BCUT2D eigenvalue weighted by molar-refractivity contribution is 7.14. The summed E-state index contributed by atoms with van der Waals surface area (Å²) in [6.45, 7) is 2.25. The third-order valence-electron chi connectivity index (χ3n) is 2.24. The van der Waals surface area contributed by atoms with Gasteiger partial charge in [0.2, 0.25) is 0 Å². The van der Waals surface area contributed by atoms with E-state index in [1.807, 2.05) is 0 Å². The molecule has 0 amide bonds. The first kappa shape index (κ1) is 11.1. The molecule has 0 saturated carbocycles. The Balaban J connectivity index is 2.10. The molecule has 0 bridgehead atoms. The first-order valence-corrected chi connectivity index (χ1v) is 6.32. The minimum Gasteiger partial charge on any atom is -0.132 e. The Bertz CT molecular complexity index is 230. The molecule has 0 aliphatic rings. The third kappa shape index (κ3) is 4.15. The van der Waals surface area contributed by atoms with Gasteiger partial charge in [-0.3, -0.25) is 0 Å². The fourth-order valence-corrected chi connectivity index (χ4v) is 2.40. The molecule has 0 fully saturated rings. The van der Waals surface area contributed by atoms with E-state index in [0.29, 0.717) is 0 Å². The smallest absolute Gasteiger partial charge is 0.0960 e. The van der Waals surface area contributed by atoms with Gasteiger partial charge in [-0.1, -0.05) is 44.2 Å². The monoisotopic (exact) mass is 216 g/mol. The summed E-state index contributed by atoms with van der Waals surface area (Å²) in [4.78, 5) is 0. The molecular weight excluding hydrogens is 200 g/mol. The second-order valence-electron chi connectivity index (χ2n) is 3.38. The number of halogens is 1. The van der Waals surface area contributed by atoms with E-state index in [1.165, 1.54) is 37.7 Å². The molecule has 0 saturated heterocycles. The summed E-state index contributed by atoms with van der Waals surface area (Å²) in [6.07, 6.45) is 7.86. The molecule has 0 nitrogen and oxygen atoms in total. The molecular formula is C11H17ClS. The lowest BCUT2D eigenvalue weighted by atomic mass is 10.1. The zero-order valence-corrected chi connectivity index (χ0v) is 9.76. The Morgan fingerprint density at radius 1 is 1.23 bits per heavy atom. The molecule has 0 aliphatic carbocycles. The minimum atomic E-state index is 0.982. The number of rotatable bonds is 6. The molecule has 2 heteroatoms. The Morgan fingerprint density at radius 3 is 2.62 bits per heavy atom. The molecule has 13 heavy (non-hydrogen) atoms. The molecule has 0 atom stereocenters. The Kier molecular flexibility index (Phi) is 5.49. The summed E-state index contributed by atoms with van der Waals surface area (Å²) in [5, 5.41) is 2.07. The van der Waals surface area contributed by atoms with Crippen molar-refractivity contribution in [1.29, 1.82) is 0 Å². The zero-order chi connectivity index (χ0) is 9.52. The van der Waals surface area contributed by atoms with Gasteiger partial charge in [0.25, 0.3) is 0 Å². The first-order chi connectivity index (χ1) is 6.34. The molecule has 0 aliphatic heterocycles. The molecule has 1 heterocycles. The Morgan fingerprint density at radius 2 is 2.00 bits per heavy atom. The number of thiophene rings is 1. The van der Waals surface area contributed by atoms with Crippen LogP contribution in [0.1, 0.15) is 44.6 Å². The number of hydrogen-bond donors (Lipinski definition) is 0. The van der Waals surface area contributed by atoms with Crippen LogP contribution in [0.25, 0.3) is 0 Å². The SMILES string of the molecule is CCCCCCCc1ccsc1Cl. The van der Waals surface area contributed by atoms with Crippen molar-refractivity contribution in [2.24, 2.45) is 0 Å². The average Bonchev–Trinajstić information content (AvgIpc) is 2.52. The Hall–Kier alpha value is -0.0100. The number of unbranched alkanes of at least 4 members (excludes halogenated alkanes) is 4. The number of aryl methyl sites for hydroxylation is 1. The summed E-state index contributed by atoms with van der Waals surface area (Å²) in [7, 11) is 0. The van der Waals surface area contributed by atoms with Crippen LogP contribution in [0.5, 0.6) is 0 Å². The fraction of sp³-hybridized carbons (Fsp3) is 0.636. The zero-order valence-electron chi connectivity index (χ0n) is 8.18. The van der Waals surface area contributed by atoms with Crippen LogP contribution in [0.3, 0.4) is 0 Å². The van der Waals surface area contributed by atoms with Crippen molar-refractivity contribution in [1.82, 2.24) is 0 Å². The summed E-state index contributed by atoms with van der Waals surface area (Å²) < 4.78 is 0.982. The van der Waals surface area contributed by atoms with Gasteiger partial charge >= 0.3 is 0 Å². The topological polar surface area (TPSA) is 0 Å². The van der Waals surface area contributed by atoms with E-state index in [0.717, 1.165) is 10.8 Å². The van der Waals surface area contributed by atoms with Crippen molar-refractivity contribution in [2.45, 2.75) is 45.4 Å². The summed E-state index contributed by atoms with van der Waals surface area (Å²) in [6, 6.07) is 2.15. The highest BCUT2D eigenvalue weighted by Gasteiger charge is 2.00. The molecule has 1 aromatic heterocycles. The molecule has 0 unspecified atom stereocenters. The van der Waals surface area contributed by atoms with Crippen molar-refractivity contribution in [2.75, 3.05) is 0 Å². The van der Waals surface area contributed by atoms with Crippen molar-refractivity contribution in [3.05, 3.63) is 21.3 Å².